The summed E-state index contributed by atoms with van der Waals surface area (Å²) in [5.74, 6) is 0.601. The van der Waals surface area contributed by atoms with Crippen LogP contribution in [0.2, 0.25) is 0 Å². The van der Waals surface area contributed by atoms with Gasteiger partial charge in [-0.05, 0) is 25.5 Å². The fourth-order valence-electron chi connectivity index (χ4n) is 5.02. The topological polar surface area (TPSA) is 257 Å². The van der Waals surface area contributed by atoms with Crippen LogP contribution in [0.25, 0.3) is 11.2 Å². The molecule has 0 bridgehead atoms. The summed E-state index contributed by atoms with van der Waals surface area (Å²) in [5, 5.41) is 23.4. The molecule has 3 aromatic rings. The lowest BCUT2D eigenvalue weighted by Gasteiger charge is -2.21. The van der Waals surface area contributed by atoms with Crippen molar-refractivity contribution in [2.24, 2.45) is 5.73 Å². The molecule has 19 heteroatoms. The van der Waals surface area contributed by atoms with Gasteiger partial charge in [0.2, 0.25) is 0 Å². The minimum atomic E-state index is -4.71. The fourth-order valence-corrected chi connectivity index (χ4v) is 5.99. The van der Waals surface area contributed by atoms with Gasteiger partial charge in [-0.3, -0.25) is 18.2 Å². The van der Waals surface area contributed by atoms with E-state index in [0.29, 0.717) is 30.1 Å². The Hall–Kier alpha value is -3.06. The quantitative estimate of drug-likeness (QED) is 0.0987. The number of imidazole rings is 1. The van der Waals surface area contributed by atoms with Gasteiger partial charge >= 0.3 is 13.5 Å². The van der Waals surface area contributed by atoms with Crippen molar-refractivity contribution < 1.29 is 38.2 Å². The summed E-state index contributed by atoms with van der Waals surface area (Å²) in [4.78, 5) is 39.3. The largest absolute Gasteiger partial charge is 0.472 e. The number of rotatable bonds is 14. The molecule has 5 rings (SSSR count). The number of hydrogen-bond donors (Lipinski definition) is 6. The third-order valence-corrected chi connectivity index (χ3v) is 8.27. The van der Waals surface area contributed by atoms with E-state index in [1.54, 1.807) is 10.6 Å². The number of phosphoric acid groups is 1. The van der Waals surface area contributed by atoms with Crippen LogP contribution in [0.1, 0.15) is 44.6 Å². The number of nitrogens with zero attached hydrogens (tertiary/aromatic N) is 6. The first-order chi connectivity index (χ1) is 20.7. The number of ether oxygens (including phenoxy) is 2. The van der Waals surface area contributed by atoms with Crippen molar-refractivity contribution in [2.75, 3.05) is 37.4 Å². The fraction of sp³-hybridized carbons (Fsp3) is 0.625. The molecular formula is C24H36N9O9P. The molecule has 2 saturated heterocycles. The van der Waals surface area contributed by atoms with Gasteiger partial charge in [-0.25, -0.2) is 24.3 Å². The monoisotopic (exact) mass is 625 g/mol. The van der Waals surface area contributed by atoms with Crippen molar-refractivity contribution in [1.29, 1.82) is 0 Å². The molecule has 0 aromatic carbocycles. The number of aromatic nitrogens is 6. The summed E-state index contributed by atoms with van der Waals surface area (Å²) in [6.45, 7) is 0.257. The van der Waals surface area contributed by atoms with Crippen molar-refractivity contribution in [3.63, 3.8) is 0 Å². The van der Waals surface area contributed by atoms with E-state index in [1.807, 2.05) is 0 Å². The Morgan fingerprint density at radius 1 is 1.12 bits per heavy atom. The van der Waals surface area contributed by atoms with Gasteiger partial charge in [0, 0.05) is 25.6 Å². The van der Waals surface area contributed by atoms with E-state index in [9.17, 15) is 24.5 Å². The van der Waals surface area contributed by atoms with Crippen LogP contribution in [-0.4, -0.2) is 94.9 Å². The molecule has 2 fully saturated rings. The Balaban J connectivity index is 1.15. The minimum absolute atomic E-state index is 0.0318. The highest BCUT2D eigenvalue weighted by Crippen LogP contribution is 2.49. The zero-order chi connectivity index (χ0) is 30.6. The zero-order valence-electron chi connectivity index (χ0n) is 23.2. The molecular weight excluding hydrogens is 589 g/mol. The smallest absolute Gasteiger partial charge is 0.394 e. The SMILES string of the molecule is NCCCCCNc1ccn(C2CC(OP(=O)(O)OCC3OC(n4cnc5c(N)ncnc54)CC3O)C(CO)O2)c(=O)n1. The Morgan fingerprint density at radius 3 is 2.67 bits per heavy atom. The van der Waals surface area contributed by atoms with Gasteiger partial charge in [-0.1, -0.05) is 6.42 Å². The second kappa shape index (κ2) is 13.7. The van der Waals surface area contributed by atoms with Gasteiger partial charge in [-0.15, -0.1) is 0 Å². The standard InChI is InChI=1S/C24H36N9O9P/c25-5-2-1-3-6-27-18-4-7-32(24(36)31-18)20-9-15(16(10-34)40-20)42-43(37,38)39-11-17-14(35)8-19(41-17)33-13-30-21-22(26)28-12-29-23(21)33/h4,7,12-17,19-20,34-35H,1-3,5-6,8-11,25H2,(H,37,38)(H2,26,28,29)(H,27,31,36). The number of phosphoric ester groups is 1. The van der Waals surface area contributed by atoms with Crippen LogP contribution in [0, 0.1) is 0 Å². The number of aliphatic hydroxyl groups excluding tert-OH is 2. The molecule has 3 aromatic heterocycles. The number of aliphatic hydroxyl groups is 2. The second-order valence-electron chi connectivity index (χ2n) is 10.2. The first kappa shape index (κ1) is 31.4. The van der Waals surface area contributed by atoms with Crippen molar-refractivity contribution in [2.45, 2.75) is 69.0 Å². The van der Waals surface area contributed by atoms with E-state index in [0.717, 1.165) is 19.3 Å². The number of fused-ring (bicyclic) bond motifs is 1. The predicted molar refractivity (Wildman–Crippen MR) is 150 cm³/mol. The molecule has 0 aliphatic carbocycles. The highest BCUT2D eigenvalue weighted by molar-refractivity contribution is 7.47. The highest BCUT2D eigenvalue weighted by Gasteiger charge is 2.43. The first-order valence-electron chi connectivity index (χ1n) is 13.9. The van der Waals surface area contributed by atoms with Gasteiger partial charge in [0.25, 0.3) is 0 Å². The molecule has 5 heterocycles. The molecule has 2 aliphatic heterocycles. The van der Waals surface area contributed by atoms with Crippen molar-refractivity contribution in [3.05, 3.63) is 35.4 Å². The van der Waals surface area contributed by atoms with E-state index >= 15 is 0 Å². The molecule has 18 nitrogen and oxygen atoms in total. The van der Waals surface area contributed by atoms with E-state index in [2.05, 4.69) is 25.3 Å². The van der Waals surface area contributed by atoms with Gasteiger partial charge in [-0.2, -0.15) is 4.98 Å². The van der Waals surface area contributed by atoms with Crippen LogP contribution in [0.4, 0.5) is 11.6 Å². The summed E-state index contributed by atoms with van der Waals surface area (Å²) in [6, 6.07) is 1.62. The molecule has 236 valence electrons. The molecule has 0 amide bonds. The first-order valence-corrected chi connectivity index (χ1v) is 15.4. The molecule has 0 spiro atoms. The molecule has 2 aliphatic rings. The Bertz CT molecular complexity index is 1490. The molecule has 7 atom stereocenters. The maximum atomic E-state index is 12.8. The summed E-state index contributed by atoms with van der Waals surface area (Å²) in [6.07, 6.45) is 1.42. The number of nitrogens with two attached hydrogens (primary N) is 2. The number of hydrogen-bond acceptors (Lipinski definition) is 15. The third kappa shape index (κ3) is 7.36. The van der Waals surface area contributed by atoms with Gasteiger partial charge in [0.15, 0.2) is 11.5 Å². The van der Waals surface area contributed by atoms with Gasteiger partial charge < -0.3 is 41.4 Å². The van der Waals surface area contributed by atoms with Crippen LogP contribution in [0.5, 0.6) is 0 Å². The van der Waals surface area contributed by atoms with E-state index in [-0.39, 0.29) is 18.7 Å². The van der Waals surface area contributed by atoms with Crippen LogP contribution in [-0.2, 0) is 23.1 Å². The average Bonchev–Trinajstić information content (AvgIpc) is 3.68. The maximum absolute atomic E-state index is 12.8. The number of nitrogen functional groups attached to an aromatic ring is 1. The average molecular weight is 626 g/mol. The molecule has 0 radical (unpaired) electrons. The van der Waals surface area contributed by atoms with Gasteiger partial charge in [0.1, 0.15) is 48.4 Å². The van der Waals surface area contributed by atoms with Crippen molar-refractivity contribution in [1.82, 2.24) is 29.1 Å². The van der Waals surface area contributed by atoms with Gasteiger partial charge in [0.05, 0.1) is 25.6 Å². The maximum Gasteiger partial charge on any atom is 0.472 e. The van der Waals surface area contributed by atoms with E-state index in [1.165, 1.54) is 23.4 Å². The number of unbranched alkanes of at least 4 members (excludes halogenated alkanes) is 2. The second-order valence-corrected chi connectivity index (χ2v) is 11.7. The molecule has 43 heavy (non-hydrogen) atoms. The molecule has 0 saturated carbocycles. The van der Waals surface area contributed by atoms with E-state index in [4.69, 9.17) is 30.0 Å². The van der Waals surface area contributed by atoms with Crippen molar-refractivity contribution >= 4 is 30.6 Å². The van der Waals surface area contributed by atoms with Crippen LogP contribution in [0.15, 0.2) is 29.7 Å². The predicted octanol–water partition coefficient (Wildman–Crippen LogP) is -0.363. The molecule has 7 unspecified atom stereocenters. The Labute approximate surface area is 245 Å². The summed E-state index contributed by atoms with van der Waals surface area (Å²) in [7, 11) is -4.71. The highest BCUT2D eigenvalue weighted by atomic mass is 31.2. The van der Waals surface area contributed by atoms with Crippen molar-refractivity contribution in [3.8, 4) is 0 Å². The van der Waals surface area contributed by atoms with Crippen LogP contribution >= 0.6 is 7.82 Å². The Morgan fingerprint density at radius 2 is 1.91 bits per heavy atom. The van der Waals surface area contributed by atoms with E-state index < -0.39 is 63.6 Å². The number of nitrogens with one attached hydrogen (secondary N) is 1. The normalized spacial score (nSPS) is 27.1. The zero-order valence-corrected chi connectivity index (χ0v) is 24.1. The lowest BCUT2D eigenvalue weighted by molar-refractivity contribution is -0.0564. The lowest BCUT2D eigenvalue weighted by Crippen LogP contribution is -2.29. The molecule has 8 N–H and O–H groups in total. The Kier molecular flexibility index (Phi) is 10.0. The lowest BCUT2D eigenvalue weighted by atomic mass is 10.2. The third-order valence-electron chi connectivity index (χ3n) is 7.26. The summed E-state index contributed by atoms with van der Waals surface area (Å²) < 4.78 is 37.7. The minimum Gasteiger partial charge on any atom is -0.394 e. The van der Waals surface area contributed by atoms with Crippen LogP contribution in [0.3, 0.4) is 0 Å². The van der Waals surface area contributed by atoms with Crippen LogP contribution < -0.4 is 22.5 Å². The summed E-state index contributed by atoms with van der Waals surface area (Å²) in [5.41, 5.74) is 11.5. The number of anilines is 2. The summed E-state index contributed by atoms with van der Waals surface area (Å²) >= 11 is 0.